The lowest BCUT2D eigenvalue weighted by atomic mass is 10.1. The van der Waals surface area contributed by atoms with E-state index >= 15 is 0 Å². The zero-order valence-electron chi connectivity index (χ0n) is 13.9. The topological polar surface area (TPSA) is 72.6 Å². The molecular formula is C20H16FNO4. The highest BCUT2D eigenvalue weighted by Crippen LogP contribution is 2.35. The molecule has 0 radical (unpaired) electrons. The molecule has 0 saturated heterocycles. The Labute approximate surface area is 149 Å². The SMILES string of the molecule is CC(O)c1ccc([N+](=O)[O-])c(Oc2cccc(-c3ccc(F)cc3)c2)c1. The molecule has 3 aromatic carbocycles. The fraction of sp³-hybridized carbons (Fsp3) is 0.100. The van der Waals surface area contributed by atoms with Gasteiger partial charge in [0.05, 0.1) is 11.0 Å². The highest BCUT2D eigenvalue weighted by molar-refractivity contribution is 5.65. The average molecular weight is 353 g/mol. The van der Waals surface area contributed by atoms with Crippen LogP contribution >= 0.6 is 0 Å². The Morgan fingerprint density at radius 3 is 2.42 bits per heavy atom. The van der Waals surface area contributed by atoms with Gasteiger partial charge in [0.2, 0.25) is 5.75 Å². The van der Waals surface area contributed by atoms with Gasteiger partial charge in [-0.2, -0.15) is 0 Å². The van der Waals surface area contributed by atoms with Gasteiger partial charge < -0.3 is 9.84 Å². The second-order valence-corrected chi connectivity index (χ2v) is 5.80. The van der Waals surface area contributed by atoms with E-state index in [2.05, 4.69) is 0 Å². The Bertz CT molecular complexity index is 939. The minimum Gasteiger partial charge on any atom is -0.450 e. The molecule has 0 aliphatic heterocycles. The van der Waals surface area contributed by atoms with Crippen LogP contribution in [0.1, 0.15) is 18.6 Å². The molecule has 6 heteroatoms. The molecule has 132 valence electrons. The van der Waals surface area contributed by atoms with Crippen LogP contribution in [0.5, 0.6) is 11.5 Å². The second-order valence-electron chi connectivity index (χ2n) is 5.80. The van der Waals surface area contributed by atoms with Crippen molar-refractivity contribution in [3.63, 3.8) is 0 Å². The molecule has 1 atom stereocenters. The Balaban J connectivity index is 1.96. The number of ether oxygens (including phenoxy) is 1. The maximum Gasteiger partial charge on any atom is 0.311 e. The van der Waals surface area contributed by atoms with Gasteiger partial charge in [0.1, 0.15) is 11.6 Å². The minimum atomic E-state index is -0.774. The van der Waals surface area contributed by atoms with Crippen molar-refractivity contribution in [1.82, 2.24) is 0 Å². The number of nitrogens with zero attached hydrogens (tertiary/aromatic N) is 1. The second kappa shape index (κ2) is 7.33. The summed E-state index contributed by atoms with van der Waals surface area (Å²) in [6, 6.07) is 17.2. The zero-order chi connectivity index (χ0) is 18.7. The normalized spacial score (nSPS) is 11.8. The van der Waals surface area contributed by atoms with Crippen LogP contribution in [0.25, 0.3) is 11.1 Å². The van der Waals surface area contributed by atoms with Crippen LogP contribution < -0.4 is 4.74 Å². The van der Waals surface area contributed by atoms with E-state index in [4.69, 9.17) is 4.74 Å². The van der Waals surface area contributed by atoms with E-state index in [9.17, 15) is 19.6 Å². The van der Waals surface area contributed by atoms with E-state index in [0.717, 1.165) is 11.1 Å². The van der Waals surface area contributed by atoms with Crippen LogP contribution in [0.4, 0.5) is 10.1 Å². The number of nitro benzene ring substituents is 1. The molecule has 3 aromatic rings. The molecule has 5 nitrogen and oxygen atoms in total. The number of nitro groups is 1. The summed E-state index contributed by atoms with van der Waals surface area (Å²) < 4.78 is 18.8. The van der Waals surface area contributed by atoms with E-state index in [-0.39, 0.29) is 17.3 Å². The van der Waals surface area contributed by atoms with Crippen molar-refractivity contribution in [2.24, 2.45) is 0 Å². The third kappa shape index (κ3) is 3.87. The monoisotopic (exact) mass is 353 g/mol. The summed E-state index contributed by atoms with van der Waals surface area (Å²) in [6.45, 7) is 1.57. The molecule has 1 unspecified atom stereocenters. The molecule has 0 heterocycles. The van der Waals surface area contributed by atoms with Gasteiger partial charge in [-0.05, 0) is 60.0 Å². The van der Waals surface area contributed by atoms with Gasteiger partial charge in [0.25, 0.3) is 0 Å². The van der Waals surface area contributed by atoms with Crippen molar-refractivity contribution < 1.29 is 19.2 Å². The summed E-state index contributed by atoms with van der Waals surface area (Å²) in [5, 5.41) is 20.9. The molecule has 0 saturated carbocycles. The van der Waals surface area contributed by atoms with Crippen molar-refractivity contribution in [1.29, 1.82) is 0 Å². The lowest BCUT2D eigenvalue weighted by Crippen LogP contribution is -1.97. The predicted octanol–water partition coefficient (Wildman–Crippen LogP) is 5.25. The highest BCUT2D eigenvalue weighted by atomic mass is 19.1. The fourth-order valence-electron chi connectivity index (χ4n) is 2.53. The van der Waals surface area contributed by atoms with E-state index in [0.29, 0.717) is 11.3 Å². The Morgan fingerprint density at radius 2 is 1.77 bits per heavy atom. The Kier molecular flexibility index (Phi) is 4.95. The average Bonchev–Trinajstić information content (AvgIpc) is 2.62. The van der Waals surface area contributed by atoms with Crippen LogP contribution in [0.3, 0.4) is 0 Å². The first-order valence-corrected chi connectivity index (χ1v) is 7.94. The molecule has 0 amide bonds. The summed E-state index contributed by atoms with van der Waals surface area (Å²) in [5.41, 5.74) is 1.91. The molecule has 0 aromatic heterocycles. The molecule has 0 fully saturated rings. The number of hydrogen-bond acceptors (Lipinski definition) is 4. The first kappa shape index (κ1) is 17.6. The third-order valence-corrected chi connectivity index (χ3v) is 3.90. The van der Waals surface area contributed by atoms with Crippen molar-refractivity contribution in [2.75, 3.05) is 0 Å². The van der Waals surface area contributed by atoms with E-state index in [1.165, 1.54) is 30.3 Å². The summed E-state index contributed by atoms with van der Waals surface area (Å²) in [4.78, 5) is 10.7. The third-order valence-electron chi connectivity index (χ3n) is 3.90. The molecule has 1 N–H and O–H groups in total. The van der Waals surface area contributed by atoms with Crippen molar-refractivity contribution in [3.05, 3.63) is 88.2 Å². The summed E-state index contributed by atoms with van der Waals surface area (Å²) >= 11 is 0. The number of rotatable bonds is 5. The molecule has 0 bridgehead atoms. The molecule has 0 aliphatic rings. The van der Waals surface area contributed by atoms with Crippen molar-refractivity contribution in [3.8, 4) is 22.6 Å². The summed E-state index contributed by atoms with van der Waals surface area (Å²) in [5.74, 6) is 0.119. The first-order chi connectivity index (χ1) is 12.4. The fourth-order valence-corrected chi connectivity index (χ4v) is 2.53. The summed E-state index contributed by atoms with van der Waals surface area (Å²) in [7, 11) is 0. The van der Waals surface area contributed by atoms with Crippen LogP contribution in [-0.4, -0.2) is 10.0 Å². The first-order valence-electron chi connectivity index (χ1n) is 7.94. The van der Waals surface area contributed by atoms with Crippen LogP contribution in [-0.2, 0) is 0 Å². The van der Waals surface area contributed by atoms with Crippen LogP contribution in [0.2, 0.25) is 0 Å². The number of aliphatic hydroxyl groups excluding tert-OH is 1. The van der Waals surface area contributed by atoms with Gasteiger partial charge >= 0.3 is 5.69 Å². The molecule has 3 rings (SSSR count). The Morgan fingerprint density at radius 1 is 1.04 bits per heavy atom. The maximum absolute atomic E-state index is 13.1. The van der Waals surface area contributed by atoms with E-state index in [1.54, 1.807) is 37.3 Å². The number of benzene rings is 3. The Hall–Kier alpha value is -3.25. The largest absolute Gasteiger partial charge is 0.450 e. The van der Waals surface area contributed by atoms with E-state index in [1.807, 2.05) is 6.07 Å². The van der Waals surface area contributed by atoms with E-state index < -0.39 is 11.0 Å². The number of halogens is 1. The van der Waals surface area contributed by atoms with Gasteiger partial charge in [-0.25, -0.2) is 4.39 Å². The van der Waals surface area contributed by atoms with Gasteiger partial charge in [0.15, 0.2) is 0 Å². The zero-order valence-corrected chi connectivity index (χ0v) is 13.9. The maximum atomic E-state index is 13.1. The van der Waals surface area contributed by atoms with Gasteiger partial charge in [-0.15, -0.1) is 0 Å². The predicted molar refractivity (Wildman–Crippen MR) is 95.6 cm³/mol. The highest BCUT2D eigenvalue weighted by Gasteiger charge is 2.18. The smallest absolute Gasteiger partial charge is 0.311 e. The number of aliphatic hydroxyl groups is 1. The van der Waals surface area contributed by atoms with Gasteiger partial charge in [-0.1, -0.05) is 24.3 Å². The molecule has 0 spiro atoms. The number of hydrogen-bond donors (Lipinski definition) is 1. The standard InChI is InChI=1S/C20H16FNO4/c1-13(23)15-7-10-19(22(24)25)20(12-15)26-18-4-2-3-16(11-18)14-5-8-17(21)9-6-14/h2-13,23H,1H3. The van der Waals surface area contributed by atoms with Crippen molar-refractivity contribution in [2.45, 2.75) is 13.0 Å². The minimum absolute atomic E-state index is 0.0460. The lowest BCUT2D eigenvalue weighted by Gasteiger charge is -2.11. The van der Waals surface area contributed by atoms with Gasteiger partial charge in [0, 0.05) is 6.07 Å². The van der Waals surface area contributed by atoms with Crippen LogP contribution in [0.15, 0.2) is 66.7 Å². The van der Waals surface area contributed by atoms with Gasteiger partial charge in [-0.3, -0.25) is 10.1 Å². The quantitative estimate of drug-likeness (QED) is 0.502. The lowest BCUT2D eigenvalue weighted by molar-refractivity contribution is -0.385. The summed E-state index contributed by atoms with van der Waals surface area (Å²) in [6.07, 6.45) is -0.774. The molecule has 0 aliphatic carbocycles. The van der Waals surface area contributed by atoms with Crippen LogP contribution in [0, 0.1) is 15.9 Å². The molecule has 26 heavy (non-hydrogen) atoms. The van der Waals surface area contributed by atoms with Crippen molar-refractivity contribution >= 4 is 5.69 Å². The molecular weight excluding hydrogens is 337 g/mol.